The van der Waals surface area contributed by atoms with Crippen molar-refractivity contribution in [2.75, 3.05) is 0 Å². The fraction of sp³-hybridized carbons (Fsp3) is 0.533. The summed E-state index contributed by atoms with van der Waals surface area (Å²) in [6, 6.07) is 6.14. The summed E-state index contributed by atoms with van der Waals surface area (Å²) in [5, 5.41) is 9.14. The van der Waals surface area contributed by atoms with Gasteiger partial charge in [-0.3, -0.25) is 4.79 Å². The Labute approximate surface area is 108 Å². The fourth-order valence-electron chi connectivity index (χ4n) is 2.58. The Morgan fingerprint density at radius 1 is 1.39 bits per heavy atom. The van der Waals surface area contributed by atoms with E-state index in [9.17, 15) is 4.79 Å². The molecule has 3 heteroatoms. The highest BCUT2D eigenvalue weighted by molar-refractivity contribution is 5.73. The van der Waals surface area contributed by atoms with Crippen LogP contribution in [0.15, 0.2) is 18.2 Å². The molecule has 0 saturated heterocycles. The van der Waals surface area contributed by atoms with Crippen LogP contribution < -0.4 is 5.73 Å². The van der Waals surface area contributed by atoms with Crippen molar-refractivity contribution in [2.45, 2.75) is 45.6 Å². The van der Waals surface area contributed by atoms with Crippen molar-refractivity contribution in [3.8, 4) is 0 Å². The number of hydrogen-bond acceptors (Lipinski definition) is 2. The number of carboxylic acid groups (broad SMARTS) is 1. The first-order valence-electron chi connectivity index (χ1n) is 6.51. The number of aliphatic carboxylic acids is 1. The second-order valence-electron chi connectivity index (χ2n) is 5.88. The fourth-order valence-corrected chi connectivity index (χ4v) is 2.58. The average Bonchev–Trinajstić information content (AvgIpc) is 2.74. The lowest BCUT2D eigenvalue weighted by Crippen LogP contribution is -2.28. The number of benzene rings is 1. The highest BCUT2D eigenvalue weighted by atomic mass is 16.4. The molecule has 0 radical (unpaired) electrons. The molecule has 2 rings (SSSR count). The molecule has 0 fully saturated rings. The summed E-state index contributed by atoms with van der Waals surface area (Å²) < 4.78 is 0. The van der Waals surface area contributed by atoms with Gasteiger partial charge in [-0.2, -0.15) is 0 Å². The normalized spacial score (nSPS) is 16.4. The molecule has 3 N–H and O–H groups in total. The van der Waals surface area contributed by atoms with Gasteiger partial charge in [-0.05, 0) is 56.2 Å². The predicted molar refractivity (Wildman–Crippen MR) is 71.4 cm³/mol. The minimum atomic E-state index is -0.792. The van der Waals surface area contributed by atoms with Gasteiger partial charge in [0.25, 0.3) is 0 Å². The Hall–Kier alpha value is -1.35. The minimum Gasteiger partial charge on any atom is -0.481 e. The van der Waals surface area contributed by atoms with Crippen LogP contribution in [0.1, 0.15) is 49.4 Å². The molecule has 0 saturated carbocycles. The van der Waals surface area contributed by atoms with E-state index in [1.807, 2.05) is 6.07 Å². The van der Waals surface area contributed by atoms with E-state index in [1.165, 1.54) is 17.5 Å². The van der Waals surface area contributed by atoms with E-state index in [4.69, 9.17) is 10.8 Å². The SMILES string of the molecule is CC(C)(CC(N)c1ccc2c(c1)CCC2)C(=O)O. The first kappa shape index (κ1) is 13.1. The Kier molecular flexibility index (Phi) is 3.44. The summed E-state index contributed by atoms with van der Waals surface area (Å²) in [7, 11) is 0. The van der Waals surface area contributed by atoms with Crippen molar-refractivity contribution in [3.05, 3.63) is 34.9 Å². The van der Waals surface area contributed by atoms with E-state index in [1.54, 1.807) is 13.8 Å². The van der Waals surface area contributed by atoms with Crippen LogP contribution in [0.25, 0.3) is 0 Å². The van der Waals surface area contributed by atoms with Crippen molar-refractivity contribution >= 4 is 5.97 Å². The lowest BCUT2D eigenvalue weighted by Gasteiger charge is -2.24. The minimum absolute atomic E-state index is 0.206. The number of carbonyl (C=O) groups is 1. The zero-order chi connectivity index (χ0) is 13.3. The third-order valence-electron chi connectivity index (χ3n) is 3.86. The molecule has 0 heterocycles. The maximum atomic E-state index is 11.1. The zero-order valence-electron chi connectivity index (χ0n) is 11.1. The number of rotatable bonds is 4. The zero-order valence-corrected chi connectivity index (χ0v) is 11.1. The molecule has 98 valence electrons. The van der Waals surface area contributed by atoms with Crippen molar-refractivity contribution < 1.29 is 9.90 Å². The van der Waals surface area contributed by atoms with Crippen LogP contribution in [0.4, 0.5) is 0 Å². The van der Waals surface area contributed by atoms with E-state index in [0.717, 1.165) is 18.4 Å². The quantitative estimate of drug-likeness (QED) is 0.859. The molecule has 0 aromatic heterocycles. The van der Waals surface area contributed by atoms with Gasteiger partial charge in [-0.15, -0.1) is 0 Å². The second-order valence-corrected chi connectivity index (χ2v) is 5.88. The van der Waals surface area contributed by atoms with Crippen LogP contribution in [0.2, 0.25) is 0 Å². The van der Waals surface area contributed by atoms with Crippen LogP contribution in [0.3, 0.4) is 0 Å². The van der Waals surface area contributed by atoms with Gasteiger partial charge in [0.05, 0.1) is 5.41 Å². The third kappa shape index (κ3) is 2.56. The molecule has 1 aliphatic carbocycles. The van der Waals surface area contributed by atoms with Crippen molar-refractivity contribution in [1.29, 1.82) is 0 Å². The van der Waals surface area contributed by atoms with Crippen LogP contribution in [0, 0.1) is 5.41 Å². The molecular weight excluding hydrogens is 226 g/mol. The molecule has 0 bridgehead atoms. The Bertz CT molecular complexity index is 466. The maximum Gasteiger partial charge on any atom is 0.309 e. The lowest BCUT2D eigenvalue weighted by atomic mass is 9.83. The third-order valence-corrected chi connectivity index (χ3v) is 3.86. The van der Waals surface area contributed by atoms with Crippen molar-refractivity contribution in [2.24, 2.45) is 11.1 Å². The number of hydrogen-bond donors (Lipinski definition) is 2. The van der Waals surface area contributed by atoms with E-state index < -0.39 is 11.4 Å². The molecule has 0 aliphatic heterocycles. The van der Waals surface area contributed by atoms with Crippen molar-refractivity contribution in [1.82, 2.24) is 0 Å². The standard InChI is InChI=1S/C15H21NO2/c1-15(2,14(17)18)9-13(16)12-7-6-10-4-3-5-11(10)8-12/h6-8,13H,3-5,9,16H2,1-2H3,(H,17,18). The second kappa shape index (κ2) is 4.73. The average molecular weight is 247 g/mol. The summed E-state index contributed by atoms with van der Waals surface area (Å²) in [5.74, 6) is -0.792. The van der Waals surface area contributed by atoms with Crippen LogP contribution in [-0.2, 0) is 17.6 Å². The summed E-state index contributed by atoms with van der Waals surface area (Å²) in [6.07, 6.45) is 3.96. The van der Waals surface area contributed by atoms with Gasteiger partial charge in [0, 0.05) is 6.04 Å². The molecule has 1 atom stereocenters. The van der Waals surface area contributed by atoms with E-state index in [2.05, 4.69) is 12.1 Å². The summed E-state index contributed by atoms with van der Waals surface area (Å²) >= 11 is 0. The largest absolute Gasteiger partial charge is 0.481 e. The monoisotopic (exact) mass is 247 g/mol. The molecule has 18 heavy (non-hydrogen) atoms. The molecule has 0 spiro atoms. The molecule has 1 aromatic rings. The van der Waals surface area contributed by atoms with Gasteiger partial charge in [0.1, 0.15) is 0 Å². The van der Waals surface area contributed by atoms with Crippen LogP contribution in [-0.4, -0.2) is 11.1 Å². The molecule has 1 aliphatic rings. The van der Waals surface area contributed by atoms with Gasteiger partial charge < -0.3 is 10.8 Å². The molecular formula is C15H21NO2. The Morgan fingerprint density at radius 2 is 2.06 bits per heavy atom. The maximum absolute atomic E-state index is 11.1. The van der Waals surface area contributed by atoms with E-state index in [-0.39, 0.29) is 6.04 Å². The highest BCUT2D eigenvalue weighted by Gasteiger charge is 2.30. The smallest absolute Gasteiger partial charge is 0.309 e. The van der Waals surface area contributed by atoms with Gasteiger partial charge in [0.15, 0.2) is 0 Å². The number of nitrogens with two attached hydrogens (primary N) is 1. The Morgan fingerprint density at radius 3 is 2.72 bits per heavy atom. The van der Waals surface area contributed by atoms with Gasteiger partial charge in [-0.1, -0.05) is 18.2 Å². The number of aryl methyl sites for hydroxylation is 2. The summed E-state index contributed by atoms with van der Waals surface area (Å²) in [5.41, 5.74) is 9.24. The summed E-state index contributed by atoms with van der Waals surface area (Å²) in [4.78, 5) is 11.1. The lowest BCUT2D eigenvalue weighted by molar-refractivity contribution is -0.147. The highest BCUT2D eigenvalue weighted by Crippen LogP contribution is 2.31. The topological polar surface area (TPSA) is 63.3 Å². The van der Waals surface area contributed by atoms with Crippen LogP contribution in [0.5, 0.6) is 0 Å². The van der Waals surface area contributed by atoms with E-state index >= 15 is 0 Å². The first-order chi connectivity index (χ1) is 8.40. The number of carboxylic acids is 1. The summed E-state index contributed by atoms with van der Waals surface area (Å²) in [6.45, 7) is 3.45. The molecule has 3 nitrogen and oxygen atoms in total. The molecule has 1 unspecified atom stereocenters. The predicted octanol–water partition coefficient (Wildman–Crippen LogP) is 2.68. The number of fused-ring (bicyclic) bond motifs is 1. The van der Waals surface area contributed by atoms with Crippen LogP contribution >= 0.6 is 0 Å². The first-order valence-corrected chi connectivity index (χ1v) is 6.51. The Balaban J connectivity index is 2.14. The molecule has 1 aromatic carbocycles. The van der Waals surface area contributed by atoms with Gasteiger partial charge in [0.2, 0.25) is 0 Å². The van der Waals surface area contributed by atoms with E-state index in [0.29, 0.717) is 6.42 Å². The van der Waals surface area contributed by atoms with Gasteiger partial charge >= 0.3 is 5.97 Å². The van der Waals surface area contributed by atoms with Crippen molar-refractivity contribution in [3.63, 3.8) is 0 Å². The molecule has 0 amide bonds. The van der Waals surface area contributed by atoms with Gasteiger partial charge in [-0.25, -0.2) is 0 Å².